The van der Waals surface area contributed by atoms with Crippen molar-refractivity contribution in [3.8, 4) is 0 Å². The summed E-state index contributed by atoms with van der Waals surface area (Å²) in [5.41, 5.74) is 18.8. The van der Waals surface area contributed by atoms with Crippen LogP contribution < -0.4 is 0 Å². The van der Waals surface area contributed by atoms with Crippen LogP contribution in [0.2, 0.25) is 0 Å². The van der Waals surface area contributed by atoms with Gasteiger partial charge >= 0.3 is 16.5 Å². The molecule has 176 valence electrons. The molecule has 0 aliphatic carbocycles. The van der Waals surface area contributed by atoms with Gasteiger partial charge in [0.05, 0.1) is 0 Å². The molecule has 0 atom stereocenters. The molecule has 1 heterocycles. The Hall–Kier alpha value is -1.99. The van der Waals surface area contributed by atoms with E-state index in [1.165, 1.54) is 40.7 Å². The van der Waals surface area contributed by atoms with Crippen LogP contribution in [0.25, 0.3) is 16.9 Å². The summed E-state index contributed by atoms with van der Waals surface area (Å²) >= 11 is 0. The zero-order valence-electron chi connectivity index (χ0n) is 20.6. The molecule has 0 saturated carbocycles. The van der Waals surface area contributed by atoms with Crippen LogP contribution in [0.1, 0.15) is 82.1 Å². The van der Waals surface area contributed by atoms with E-state index in [0.717, 1.165) is 41.8 Å². The standard InChI is InChI=1S/C25H30N2.2C2H5.Ni/c1-4-6-7-8-13-23-18-24(21-14-10-12-20(5-2)17-21)27(26)25(23)22-15-9-11-19(3)16-22;2*1-2;/h9-12,14-18H,4-8,13H2,1-3H3;2*1H2,2H3;/q;2*-1;+2. The van der Waals surface area contributed by atoms with Crippen molar-refractivity contribution in [2.24, 2.45) is 0 Å². The molecule has 0 aromatic heterocycles. The topological polar surface area (TPSA) is 25.3 Å². The van der Waals surface area contributed by atoms with Crippen molar-refractivity contribution in [1.29, 1.82) is 0 Å². The minimum Gasteiger partial charge on any atom is -0.493 e. The van der Waals surface area contributed by atoms with E-state index in [-0.39, 0.29) is 16.5 Å². The van der Waals surface area contributed by atoms with Gasteiger partial charge in [-0.2, -0.15) is 13.8 Å². The third kappa shape index (κ3) is 8.17. The first-order chi connectivity index (χ1) is 15.1. The van der Waals surface area contributed by atoms with E-state index in [1.807, 2.05) is 0 Å². The average Bonchev–Trinajstić information content (AvgIpc) is 3.15. The molecule has 1 aliphatic rings. The second-order valence-electron chi connectivity index (χ2n) is 7.45. The zero-order chi connectivity index (χ0) is 23.2. The van der Waals surface area contributed by atoms with Crippen molar-refractivity contribution in [1.82, 2.24) is 0 Å². The first-order valence-electron chi connectivity index (χ1n) is 11.7. The first-order valence-corrected chi connectivity index (χ1v) is 11.7. The summed E-state index contributed by atoms with van der Waals surface area (Å²) in [6.07, 6.45) is 9.07. The summed E-state index contributed by atoms with van der Waals surface area (Å²) in [7, 11) is 0. The van der Waals surface area contributed by atoms with Gasteiger partial charge in [0.15, 0.2) is 0 Å². The molecule has 0 unspecified atom stereocenters. The van der Waals surface area contributed by atoms with Crippen molar-refractivity contribution >= 4 is 11.4 Å². The zero-order valence-corrected chi connectivity index (χ0v) is 21.6. The summed E-state index contributed by atoms with van der Waals surface area (Å²) in [5.74, 6) is 0. The fourth-order valence-corrected chi connectivity index (χ4v) is 3.74. The van der Waals surface area contributed by atoms with E-state index < -0.39 is 0 Å². The fourth-order valence-electron chi connectivity index (χ4n) is 3.74. The smallest absolute Gasteiger partial charge is 0.493 e. The van der Waals surface area contributed by atoms with E-state index in [2.05, 4.69) is 89.2 Å². The van der Waals surface area contributed by atoms with E-state index in [9.17, 15) is 5.53 Å². The molecule has 2 aromatic carbocycles. The Morgan fingerprint density at radius 3 is 2.12 bits per heavy atom. The molecular weight excluding hydrogens is 435 g/mol. The Balaban J connectivity index is 0.00000182. The van der Waals surface area contributed by atoms with Crippen molar-refractivity contribution < 1.29 is 21.2 Å². The van der Waals surface area contributed by atoms with Gasteiger partial charge in [0.1, 0.15) is 0 Å². The maximum Gasteiger partial charge on any atom is 2.00 e. The predicted molar refractivity (Wildman–Crippen MR) is 136 cm³/mol. The average molecular weight is 475 g/mol. The number of allylic oxidation sites excluding steroid dienone is 2. The van der Waals surface area contributed by atoms with Crippen molar-refractivity contribution in [2.75, 3.05) is 0 Å². The largest absolute Gasteiger partial charge is 2.00 e. The molecule has 32 heavy (non-hydrogen) atoms. The molecule has 0 radical (unpaired) electrons. The maximum absolute atomic E-state index is 11.1. The van der Waals surface area contributed by atoms with Crippen LogP contribution in [-0.2, 0) is 22.9 Å². The van der Waals surface area contributed by atoms with Crippen LogP contribution >= 0.6 is 0 Å². The minimum atomic E-state index is 0. The van der Waals surface area contributed by atoms with Gasteiger partial charge in [-0.1, -0.05) is 62.9 Å². The van der Waals surface area contributed by atoms with Gasteiger partial charge in [-0.25, -0.2) is 4.70 Å². The minimum absolute atomic E-state index is 0. The molecule has 0 spiro atoms. The van der Waals surface area contributed by atoms with Crippen LogP contribution in [0.15, 0.2) is 60.2 Å². The normalized spacial score (nSPS) is 12.2. The van der Waals surface area contributed by atoms with Crippen molar-refractivity contribution in [2.45, 2.75) is 73.1 Å². The van der Waals surface area contributed by atoms with Crippen molar-refractivity contribution in [3.05, 3.63) is 102 Å². The van der Waals surface area contributed by atoms with Gasteiger partial charge in [0.2, 0.25) is 11.4 Å². The quantitative estimate of drug-likeness (QED) is 0.158. The Kier molecular flexibility index (Phi) is 15.6. The molecule has 0 N–H and O–H groups in total. The van der Waals surface area contributed by atoms with Crippen molar-refractivity contribution in [3.63, 3.8) is 0 Å². The Labute approximate surface area is 207 Å². The van der Waals surface area contributed by atoms with Crippen LogP contribution in [0.3, 0.4) is 0 Å². The molecule has 3 rings (SSSR count). The number of hydrogen-bond acceptors (Lipinski definition) is 0. The number of hydrogen-bond donors (Lipinski definition) is 0. The van der Waals surface area contributed by atoms with Gasteiger partial charge in [-0.05, 0) is 56.0 Å². The van der Waals surface area contributed by atoms with Gasteiger partial charge in [-0.15, -0.1) is 0 Å². The van der Waals surface area contributed by atoms with Crippen LogP contribution in [0.5, 0.6) is 0 Å². The summed E-state index contributed by atoms with van der Waals surface area (Å²) in [6.45, 7) is 16.5. The SMILES string of the molecule is CCCCCCC1=C(c2cccc(C)c2)[N+](=[N-])C(c2cccc(CC)c2)=C1.[CH2-]C.[CH2-]C.[Ni+2]. The number of rotatable bonds is 8. The molecule has 3 heteroatoms. The van der Waals surface area contributed by atoms with Gasteiger partial charge in [-0.3, -0.25) is 0 Å². The third-order valence-electron chi connectivity index (χ3n) is 5.28. The monoisotopic (exact) mass is 474 g/mol. The molecule has 2 nitrogen and oxygen atoms in total. The summed E-state index contributed by atoms with van der Waals surface area (Å²) in [5, 5.41) is 0. The Bertz CT molecular complexity index is 894. The van der Waals surface area contributed by atoms with Crippen LogP contribution in [0, 0.1) is 20.8 Å². The van der Waals surface area contributed by atoms with Crippen LogP contribution in [0.4, 0.5) is 0 Å². The Morgan fingerprint density at radius 2 is 1.50 bits per heavy atom. The third-order valence-corrected chi connectivity index (χ3v) is 5.28. The summed E-state index contributed by atoms with van der Waals surface area (Å²) in [4.78, 5) is 0. The summed E-state index contributed by atoms with van der Waals surface area (Å²) < 4.78 is 1.40. The first kappa shape index (κ1) is 30.0. The molecule has 2 aromatic rings. The van der Waals surface area contributed by atoms with E-state index in [1.54, 1.807) is 13.8 Å². The fraction of sp³-hybridized carbons (Fsp3) is 0.379. The van der Waals surface area contributed by atoms with Gasteiger partial charge in [0, 0.05) is 22.8 Å². The second kappa shape index (κ2) is 16.6. The molecule has 1 aliphatic heterocycles. The molecular formula is C29H40N2Ni. The summed E-state index contributed by atoms with van der Waals surface area (Å²) in [6, 6.07) is 16.9. The number of nitrogens with zero attached hydrogens (tertiary/aromatic N) is 2. The van der Waals surface area contributed by atoms with Crippen LogP contribution in [-0.4, -0.2) is 4.70 Å². The van der Waals surface area contributed by atoms with E-state index in [4.69, 9.17) is 0 Å². The molecule has 0 fully saturated rings. The molecule has 0 bridgehead atoms. The second-order valence-corrected chi connectivity index (χ2v) is 7.45. The number of aryl methyl sites for hydroxylation is 2. The molecule has 0 saturated heterocycles. The number of unbranched alkanes of at least 4 members (excludes halogenated alkanes) is 3. The number of benzene rings is 2. The maximum atomic E-state index is 11.1. The van der Waals surface area contributed by atoms with Gasteiger partial charge in [0.25, 0.3) is 0 Å². The Morgan fingerprint density at radius 1 is 0.844 bits per heavy atom. The van der Waals surface area contributed by atoms with Gasteiger partial charge < -0.3 is 19.4 Å². The predicted octanol–water partition coefficient (Wildman–Crippen LogP) is 9.01. The van der Waals surface area contributed by atoms with E-state index in [0.29, 0.717) is 0 Å². The molecule has 0 amide bonds. The van der Waals surface area contributed by atoms with E-state index >= 15 is 0 Å².